The van der Waals surface area contributed by atoms with E-state index in [0.29, 0.717) is 0 Å². The highest BCUT2D eigenvalue weighted by Crippen LogP contribution is 2.23. The average Bonchev–Trinajstić information content (AvgIpc) is 2.44. The first-order valence-electron chi connectivity index (χ1n) is 4.29. The van der Waals surface area contributed by atoms with Gasteiger partial charge >= 0.3 is 0 Å². The van der Waals surface area contributed by atoms with Gasteiger partial charge in [0.15, 0.2) is 11.5 Å². The lowest BCUT2D eigenvalue weighted by Gasteiger charge is -1.95. The summed E-state index contributed by atoms with van der Waals surface area (Å²) in [6.07, 6.45) is 0. The maximum Gasteiger partial charge on any atom is 0.192 e. The summed E-state index contributed by atoms with van der Waals surface area (Å²) in [5.74, 6) is 1.82. The zero-order valence-corrected chi connectivity index (χ0v) is 8.52. The monoisotopic (exact) mass is 193 g/mol. The average molecular weight is 193 g/mol. The van der Waals surface area contributed by atoms with Gasteiger partial charge in [-0.25, -0.2) is 4.98 Å². The van der Waals surface area contributed by atoms with Crippen molar-refractivity contribution in [3.63, 3.8) is 0 Å². The van der Waals surface area contributed by atoms with Crippen molar-refractivity contribution >= 4 is 22.9 Å². The molecule has 13 heavy (non-hydrogen) atoms. The lowest BCUT2D eigenvalue weighted by atomic mass is 10.3. The Morgan fingerprint density at radius 1 is 1.46 bits per heavy atom. The van der Waals surface area contributed by atoms with Gasteiger partial charge in [0.2, 0.25) is 0 Å². The number of rotatable bonds is 2. The number of thioether (sulfide) groups is 1. The van der Waals surface area contributed by atoms with E-state index in [4.69, 9.17) is 4.42 Å². The molecule has 0 saturated carbocycles. The van der Waals surface area contributed by atoms with Gasteiger partial charge in [-0.1, -0.05) is 6.92 Å². The minimum absolute atomic E-state index is 0.730. The van der Waals surface area contributed by atoms with Crippen molar-refractivity contribution in [3.8, 4) is 0 Å². The van der Waals surface area contributed by atoms with E-state index in [0.717, 1.165) is 22.7 Å². The predicted molar refractivity (Wildman–Crippen MR) is 55.1 cm³/mol. The third-order valence-corrected chi connectivity index (χ3v) is 2.65. The molecule has 0 saturated heterocycles. The minimum atomic E-state index is 0.730. The molecule has 68 valence electrons. The molecule has 0 radical (unpaired) electrons. The van der Waals surface area contributed by atoms with Gasteiger partial charge in [0.1, 0.15) is 5.52 Å². The van der Waals surface area contributed by atoms with Crippen LogP contribution in [0.2, 0.25) is 0 Å². The Hall–Kier alpha value is -0.960. The Balaban J connectivity index is 2.48. The van der Waals surface area contributed by atoms with Crippen LogP contribution >= 0.6 is 11.8 Å². The second kappa shape index (κ2) is 3.42. The summed E-state index contributed by atoms with van der Waals surface area (Å²) in [7, 11) is 0. The topological polar surface area (TPSA) is 26.0 Å². The number of hydrogen-bond acceptors (Lipinski definition) is 3. The van der Waals surface area contributed by atoms with Crippen LogP contribution in [-0.4, -0.2) is 10.7 Å². The number of hydrogen-bond donors (Lipinski definition) is 0. The molecule has 2 aromatic rings. The molecule has 0 bridgehead atoms. The Bertz CT molecular complexity index is 422. The van der Waals surface area contributed by atoms with Crippen LogP contribution in [-0.2, 0) is 0 Å². The van der Waals surface area contributed by atoms with Crippen molar-refractivity contribution in [2.24, 2.45) is 0 Å². The molecule has 0 aliphatic rings. The largest absolute Gasteiger partial charge is 0.441 e. The molecule has 0 N–H and O–H groups in total. The first-order valence-corrected chi connectivity index (χ1v) is 5.28. The molecular formula is C10H11NOS. The second-order valence-electron chi connectivity index (χ2n) is 2.80. The van der Waals surface area contributed by atoms with Gasteiger partial charge in [0, 0.05) is 11.8 Å². The normalized spacial score (nSPS) is 10.9. The van der Waals surface area contributed by atoms with Crippen molar-refractivity contribution in [1.82, 2.24) is 4.98 Å². The Morgan fingerprint density at radius 2 is 2.31 bits per heavy atom. The van der Waals surface area contributed by atoms with Gasteiger partial charge in [-0.2, -0.15) is 0 Å². The fraction of sp³-hybridized carbons (Fsp3) is 0.300. The Kier molecular flexibility index (Phi) is 2.27. The summed E-state index contributed by atoms with van der Waals surface area (Å²) in [4.78, 5) is 5.53. The third-order valence-electron chi connectivity index (χ3n) is 1.78. The zero-order valence-electron chi connectivity index (χ0n) is 7.70. The van der Waals surface area contributed by atoms with E-state index in [1.165, 1.54) is 4.90 Å². The molecule has 0 atom stereocenters. The first-order chi connectivity index (χ1) is 6.29. The minimum Gasteiger partial charge on any atom is -0.441 e. The van der Waals surface area contributed by atoms with E-state index >= 15 is 0 Å². The molecule has 3 heteroatoms. The van der Waals surface area contributed by atoms with Crippen LogP contribution in [0.15, 0.2) is 27.5 Å². The SMILES string of the molecule is CCSc1ccc2oc(C)nc2c1. The van der Waals surface area contributed by atoms with Crippen LogP contribution in [0.1, 0.15) is 12.8 Å². The molecule has 0 unspecified atom stereocenters. The highest BCUT2D eigenvalue weighted by atomic mass is 32.2. The van der Waals surface area contributed by atoms with E-state index in [1.807, 2.05) is 24.8 Å². The lowest BCUT2D eigenvalue weighted by Crippen LogP contribution is -1.73. The van der Waals surface area contributed by atoms with E-state index in [9.17, 15) is 0 Å². The van der Waals surface area contributed by atoms with Crippen LogP contribution in [0.4, 0.5) is 0 Å². The molecule has 2 nitrogen and oxygen atoms in total. The van der Waals surface area contributed by atoms with Gasteiger partial charge in [-0.05, 0) is 24.0 Å². The van der Waals surface area contributed by atoms with Crippen molar-refractivity contribution in [3.05, 3.63) is 24.1 Å². The highest BCUT2D eigenvalue weighted by Gasteiger charge is 2.02. The van der Waals surface area contributed by atoms with Crippen LogP contribution in [0, 0.1) is 6.92 Å². The summed E-state index contributed by atoms with van der Waals surface area (Å²) in [5, 5.41) is 0. The standard InChI is InChI=1S/C10H11NOS/c1-3-13-8-4-5-10-9(6-8)11-7(2)12-10/h4-6H,3H2,1-2H3. The molecule has 0 fully saturated rings. The smallest absolute Gasteiger partial charge is 0.192 e. The first kappa shape index (κ1) is 8.63. The van der Waals surface area contributed by atoms with E-state index < -0.39 is 0 Å². The van der Waals surface area contributed by atoms with E-state index in [1.54, 1.807) is 0 Å². The van der Waals surface area contributed by atoms with Crippen molar-refractivity contribution in [1.29, 1.82) is 0 Å². The number of oxazole rings is 1. The summed E-state index contributed by atoms with van der Waals surface area (Å²) in [6.45, 7) is 4.01. The number of aryl methyl sites for hydroxylation is 1. The Morgan fingerprint density at radius 3 is 3.08 bits per heavy atom. The van der Waals surface area contributed by atoms with Gasteiger partial charge in [0.05, 0.1) is 0 Å². The molecule has 1 aromatic carbocycles. The molecule has 1 aromatic heterocycles. The van der Waals surface area contributed by atoms with Crippen molar-refractivity contribution < 1.29 is 4.42 Å². The molecule has 0 amide bonds. The molecule has 0 aliphatic heterocycles. The summed E-state index contributed by atoms with van der Waals surface area (Å²) in [5.41, 5.74) is 1.83. The maximum atomic E-state index is 5.38. The lowest BCUT2D eigenvalue weighted by molar-refractivity contribution is 0.561. The molecule has 2 rings (SSSR count). The van der Waals surface area contributed by atoms with E-state index in [-0.39, 0.29) is 0 Å². The van der Waals surface area contributed by atoms with Crippen LogP contribution in [0.25, 0.3) is 11.1 Å². The molecule has 0 aliphatic carbocycles. The van der Waals surface area contributed by atoms with Crippen LogP contribution in [0.5, 0.6) is 0 Å². The highest BCUT2D eigenvalue weighted by molar-refractivity contribution is 7.99. The third kappa shape index (κ3) is 1.70. The maximum absolute atomic E-state index is 5.38. The Labute approximate surface area is 81.3 Å². The number of benzene rings is 1. The fourth-order valence-corrected chi connectivity index (χ4v) is 1.97. The second-order valence-corrected chi connectivity index (χ2v) is 4.13. The summed E-state index contributed by atoms with van der Waals surface area (Å²) < 4.78 is 5.38. The fourth-order valence-electron chi connectivity index (χ4n) is 1.28. The zero-order chi connectivity index (χ0) is 9.26. The quantitative estimate of drug-likeness (QED) is 0.685. The summed E-state index contributed by atoms with van der Waals surface area (Å²) in [6, 6.07) is 6.12. The van der Waals surface area contributed by atoms with Gasteiger partial charge in [-0.3, -0.25) is 0 Å². The van der Waals surface area contributed by atoms with E-state index in [2.05, 4.69) is 24.0 Å². The van der Waals surface area contributed by atoms with Crippen molar-refractivity contribution in [2.45, 2.75) is 18.7 Å². The van der Waals surface area contributed by atoms with Crippen molar-refractivity contribution in [2.75, 3.05) is 5.75 Å². The number of fused-ring (bicyclic) bond motifs is 1. The van der Waals surface area contributed by atoms with Crippen LogP contribution in [0.3, 0.4) is 0 Å². The molecule has 0 spiro atoms. The van der Waals surface area contributed by atoms with Gasteiger partial charge < -0.3 is 4.42 Å². The van der Waals surface area contributed by atoms with Gasteiger partial charge in [-0.15, -0.1) is 11.8 Å². The number of aromatic nitrogens is 1. The molecule has 1 heterocycles. The van der Waals surface area contributed by atoms with Gasteiger partial charge in [0.25, 0.3) is 0 Å². The predicted octanol–water partition coefficient (Wildman–Crippen LogP) is 3.25. The van der Waals surface area contributed by atoms with Crippen LogP contribution < -0.4 is 0 Å². The number of nitrogens with zero attached hydrogens (tertiary/aromatic N) is 1. The summed E-state index contributed by atoms with van der Waals surface area (Å²) >= 11 is 1.82. The molecular weight excluding hydrogens is 182 g/mol.